The van der Waals surface area contributed by atoms with E-state index in [1.165, 1.54) is 24.8 Å². The summed E-state index contributed by atoms with van der Waals surface area (Å²) in [6.45, 7) is 6.88. The van der Waals surface area contributed by atoms with Gasteiger partial charge in [0.1, 0.15) is 0 Å². The minimum absolute atomic E-state index is 0.150. The number of piperidine rings is 4. The number of hydrogen-bond acceptors (Lipinski definition) is 5. The van der Waals surface area contributed by atoms with Crippen LogP contribution in [0.2, 0.25) is 0 Å². The predicted octanol–water partition coefficient (Wildman–Crippen LogP) is 0.527. The standard InChI is InChI=1S/C21H32N4O3S/c1-29(27,28)22-9-19-8-16-5-6-24(19)14-18(16)13-23-10-15-7-17(12-23)20-3-2-4-21(26)25(20)11-15/h2-4,15-19,22H,5-14H2,1H3/t15-,16-,17+,18-,19+/m0/s1. The molecular formula is C21H32N4O3S. The van der Waals surface area contributed by atoms with Crippen molar-refractivity contribution in [3.05, 3.63) is 34.2 Å². The van der Waals surface area contributed by atoms with Gasteiger partial charge in [-0.2, -0.15) is 0 Å². The second-order valence-electron chi connectivity index (χ2n) is 9.73. The lowest BCUT2D eigenvalue weighted by atomic mass is 9.74. The van der Waals surface area contributed by atoms with Gasteiger partial charge in [-0.15, -0.1) is 0 Å². The van der Waals surface area contributed by atoms with Crippen LogP contribution >= 0.6 is 0 Å². The molecule has 5 aliphatic rings. The number of pyridine rings is 1. The Bertz CT molecular complexity index is 930. The third-order valence-corrected chi connectivity index (χ3v) is 8.33. The van der Waals surface area contributed by atoms with E-state index in [1.54, 1.807) is 6.07 Å². The van der Waals surface area contributed by atoms with E-state index in [2.05, 4.69) is 20.6 Å². The van der Waals surface area contributed by atoms with E-state index in [0.29, 0.717) is 36.3 Å². The molecule has 1 aromatic heterocycles. The first-order valence-electron chi connectivity index (χ1n) is 11.0. The van der Waals surface area contributed by atoms with Crippen LogP contribution in [-0.4, -0.2) is 74.4 Å². The molecule has 8 heteroatoms. The molecule has 0 aliphatic carbocycles. The molecule has 1 unspecified atom stereocenters. The molecule has 6 atom stereocenters. The SMILES string of the molecule is CS(=O)(=O)NC[C@H]1C[C@@H]2CCN1C[C@@H]2CN1C[C@@H]2C[C@H](C1)c1cccc(=O)n1C2. The fourth-order valence-electron chi connectivity index (χ4n) is 6.39. The van der Waals surface area contributed by atoms with Crippen molar-refractivity contribution >= 4 is 10.0 Å². The molecule has 160 valence electrons. The Balaban J connectivity index is 1.22. The summed E-state index contributed by atoms with van der Waals surface area (Å²) in [6, 6.07) is 6.08. The average molecular weight is 421 g/mol. The first-order valence-corrected chi connectivity index (χ1v) is 12.9. The summed E-state index contributed by atoms with van der Waals surface area (Å²) in [7, 11) is -3.12. The van der Waals surface area contributed by atoms with Crippen LogP contribution in [0.3, 0.4) is 0 Å². The predicted molar refractivity (Wildman–Crippen MR) is 112 cm³/mol. The number of rotatable bonds is 5. The highest BCUT2D eigenvalue weighted by Crippen LogP contribution is 2.39. The van der Waals surface area contributed by atoms with E-state index in [4.69, 9.17) is 0 Å². The molecule has 0 aromatic carbocycles. The topological polar surface area (TPSA) is 74.7 Å². The first kappa shape index (κ1) is 19.7. The van der Waals surface area contributed by atoms with Gasteiger partial charge in [0.15, 0.2) is 0 Å². The van der Waals surface area contributed by atoms with Crippen molar-refractivity contribution < 1.29 is 8.42 Å². The van der Waals surface area contributed by atoms with Crippen LogP contribution in [-0.2, 0) is 16.6 Å². The van der Waals surface area contributed by atoms with Crippen molar-refractivity contribution in [3.8, 4) is 0 Å². The van der Waals surface area contributed by atoms with Crippen molar-refractivity contribution in [2.75, 3.05) is 45.5 Å². The third kappa shape index (κ3) is 4.04. The van der Waals surface area contributed by atoms with Crippen molar-refractivity contribution in [2.45, 2.75) is 37.8 Å². The zero-order chi connectivity index (χ0) is 20.2. The summed E-state index contributed by atoms with van der Waals surface area (Å²) >= 11 is 0. The van der Waals surface area contributed by atoms with Crippen LogP contribution in [0.5, 0.6) is 0 Å². The van der Waals surface area contributed by atoms with Crippen LogP contribution in [0, 0.1) is 17.8 Å². The van der Waals surface area contributed by atoms with Gasteiger partial charge in [-0.1, -0.05) is 6.07 Å². The molecule has 1 N–H and O–H groups in total. The van der Waals surface area contributed by atoms with Gasteiger partial charge in [-0.25, -0.2) is 13.1 Å². The molecule has 6 heterocycles. The lowest BCUT2D eigenvalue weighted by Gasteiger charge is -2.52. The second-order valence-corrected chi connectivity index (χ2v) is 11.6. The van der Waals surface area contributed by atoms with E-state index < -0.39 is 10.0 Å². The smallest absolute Gasteiger partial charge is 0.250 e. The number of aromatic nitrogens is 1. The van der Waals surface area contributed by atoms with Crippen LogP contribution in [0.1, 0.15) is 30.9 Å². The lowest BCUT2D eigenvalue weighted by Crippen LogP contribution is -2.59. The second kappa shape index (κ2) is 7.48. The maximum Gasteiger partial charge on any atom is 0.250 e. The van der Waals surface area contributed by atoms with Gasteiger partial charge in [-0.05, 0) is 49.6 Å². The molecule has 4 bridgehead atoms. The minimum Gasteiger partial charge on any atom is -0.312 e. The van der Waals surface area contributed by atoms with E-state index in [9.17, 15) is 13.2 Å². The van der Waals surface area contributed by atoms with Crippen LogP contribution in [0.15, 0.2) is 23.0 Å². The van der Waals surface area contributed by atoms with Crippen LogP contribution in [0.4, 0.5) is 0 Å². The zero-order valence-electron chi connectivity index (χ0n) is 17.2. The van der Waals surface area contributed by atoms with E-state index in [1.807, 2.05) is 10.6 Å². The largest absolute Gasteiger partial charge is 0.312 e. The summed E-state index contributed by atoms with van der Waals surface area (Å²) in [5.41, 5.74) is 1.37. The molecule has 7 nitrogen and oxygen atoms in total. The number of likely N-dealkylation sites (tertiary alicyclic amines) is 1. The monoisotopic (exact) mass is 420 g/mol. The Morgan fingerprint density at radius 2 is 2.00 bits per heavy atom. The van der Waals surface area contributed by atoms with Crippen molar-refractivity contribution in [2.24, 2.45) is 17.8 Å². The number of nitrogens with one attached hydrogen (secondary N) is 1. The average Bonchev–Trinajstić information content (AvgIpc) is 2.67. The van der Waals surface area contributed by atoms with Gasteiger partial charge in [-0.3, -0.25) is 9.69 Å². The first-order chi connectivity index (χ1) is 13.9. The summed E-state index contributed by atoms with van der Waals surface area (Å²) in [6.07, 6.45) is 4.79. The maximum atomic E-state index is 12.2. The Kier molecular flexibility index (Phi) is 5.09. The molecule has 4 saturated heterocycles. The summed E-state index contributed by atoms with van der Waals surface area (Å²) in [4.78, 5) is 17.4. The minimum atomic E-state index is -3.12. The summed E-state index contributed by atoms with van der Waals surface area (Å²) < 4.78 is 27.6. The highest BCUT2D eigenvalue weighted by molar-refractivity contribution is 7.88. The Morgan fingerprint density at radius 1 is 1.14 bits per heavy atom. The molecule has 0 amide bonds. The third-order valence-electron chi connectivity index (χ3n) is 7.64. The van der Waals surface area contributed by atoms with Gasteiger partial charge in [0, 0.05) is 63.0 Å². The maximum absolute atomic E-state index is 12.2. The van der Waals surface area contributed by atoms with Gasteiger partial charge in [0.2, 0.25) is 10.0 Å². The summed E-state index contributed by atoms with van der Waals surface area (Å²) in [5.74, 6) is 2.43. The fraction of sp³-hybridized carbons (Fsp3) is 0.762. The molecule has 0 saturated carbocycles. The molecule has 0 radical (unpaired) electrons. The fourth-order valence-corrected chi connectivity index (χ4v) is 6.89. The molecular weight excluding hydrogens is 388 g/mol. The Hall–Kier alpha value is -1.22. The van der Waals surface area contributed by atoms with Crippen molar-refractivity contribution in [1.29, 1.82) is 0 Å². The van der Waals surface area contributed by atoms with Gasteiger partial charge in [0.25, 0.3) is 5.56 Å². The number of sulfonamides is 1. The molecule has 4 fully saturated rings. The molecule has 29 heavy (non-hydrogen) atoms. The highest BCUT2D eigenvalue weighted by atomic mass is 32.2. The molecule has 0 spiro atoms. The van der Waals surface area contributed by atoms with Gasteiger partial charge in [0.05, 0.1) is 6.26 Å². The Morgan fingerprint density at radius 3 is 2.76 bits per heavy atom. The van der Waals surface area contributed by atoms with Crippen LogP contribution < -0.4 is 10.3 Å². The lowest BCUT2D eigenvalue weighted by molar-refractivity contribution is -0.0187. The highest BCUT2D eigenvalue weighted by Gasteiger charge is 2.42. The van der Waals surface area contributed by atoms with Crippen LogP contribution in [0.25, 0.3) is 0 Å². The van der Waals surface area contributed by atoms with Gasteiger partial charge >= 0.3 is 0 Å². The number of hydrogen-bond donors (Lipinski definition) is 1. The van der Waals surface area contributed by atoms with E-state index in [0.717, 1.165) is 45.7 Å². The quantitative estimate of drug-likeness (QED) is 0.752. The Labute approximate surface area is 173 Å². The van der Waals surface area contributed by atoms with Gasteiger partial charge < -0.3 is 9.47 Å². The normalized spacial score (nSPS) is 36.7. The number of fused-ring (bicyclic) bond motifs is 7. The van der Waals surface area contributed by atoms with E-state index in [-0.39, 0.29) is 5.56 Å². The summed E-state index contributed by atoms with van der Waals surface area (Å²) in [5, 5.41) is 0. The number of nitrogens with zero attached hydrogens (tertiary/aromatic N) is 3. The van der Waals surface area contributed by atoms with Crippen molar-refractivity contribution in [1.82, 2.24) is 19.1 Å². The van der Waals surface area contributed by atoms with E-state index >= 15 is 0 Å². The van der Waals surface area contributed by atoms with Crippen molar-refractivity contribution in [3.63, 3.8) is 0 Å². The molecule has 1 aromatic rings. The molecule has 5 aliphatic heterocycles. The zero-order valence-corrected chi connectivity index (χ0v) is 18.0. The molecule has 6 rings (SSSR count).